The van der Waals surface area contributed by atoms with E-state index in [4.69, 9.17) is 0 Å². The zero-order valence-corrected chi connectivity index (χ0v) is 9.42. The van der Waals surface area contributed by atoms with E-state index < -0.39 is 12.4 Å². The zero-order valence-electron chi connectivity index (χ0n) is 7.84. The average molecular weight is 280 g/mol. The van der Waals surface area contributed by atoms with Crippen LogP contribution in [-0.4, -0.2) is 18.1 Å². The molecular weight excluding hydrogens is 272 g/mol. The van der Waals surface area contributed by atoms with Gasteiger partial charge in [0.1, 0.15) is 5.69 Å². The fourth-order valence-electron chi connectivity index (χ4n) is 0.972. The molecule has 6 heteroatoms. The first-order valence-electron chi connectivity index (χ1n) is 4.05. The highest BCUT2D eigenvalue weighted by Crippen LogP contribution is 2.25. The molecule has 15 heavy (non-hydrogen) atoms. The summed E-state index contributed by atoms with van der Waals surface area (Å²) in [5, 5.41) is 0. The van der Waals surface area contributed by atoms with E-state index >= 15 is 0 Å². The molecule has 0 aliphatic carbocycles. The van der Waals surface area contributed by atoms with Crippen LogP contribution in [0.1, 0.15) is 17.8 Å². The maximum Gasteiger partial charge on any atom is 0.311 e. The maximum atomic E-state index is 12.4. The van der Waals surface area contributed by atoms with Gasteiger partial charge in [-0.15, -0.1) is 0 Å². The van der Waals surface area contributed by atoms with Gasteiger partial charge >= 0.3 is 5.97 Å². The fraction of sp³-hybridized carbons (Fsp3) is 0.333. The van der Waals surface area contributed by atoms with Gasteiger partial charge < -0.3 is 4.74 Å². The summed E-state index contributed by atoms with van der Waals surface area (Å²) in [6.45, 7) is 0. The van der Waals surface area contributed by atoms with Crippen molar-refractivity contribution in [2.45, 2.75) is 12.8 Å². The standard InChI is InChI=1S/C9H8BrF2NO2/c1-15-7(14)4-5-2-3-6(10)8(13-5)9(11)12/h2-3,9H,4H2,1H3. The molecule has 0 atom stereocenters. The number of carbonyl (C=O) groups excluding carboxylic acids is 1. The Morgan fingerprint density at radius 2 is 2.27 bits per heavy atom. The number of halogens is 3. The molecule has 0 bridgehead atoms. The SMILES string of the molecule is COC(=O)Cc1ccc(Br)c(C(F)F)n1. The van der Waals surface area contributed by atoms with Crippen LogP contribution in [0.4, 0.5) is 8.78 Å². The summed E-state index contributed by atoms with van der Waals surface area (Å²) < 4.78 is 29.5. The molecule has 3 nitrogen and oxygen atoms in total. The number of methoxy groups -OCH3 is 1. The second kappa shape index (κ2) is 5.16. The second-order valence-electron chi connectivity index (χ2n) is 2.72. The summed E-state index contributed by atoms with van der Waals surface area (Å²) in [5.74, 6) is -0.509. The quantitative estimate of drug-likeness (QED) is 0.798. The lowest BCUT2D eigenvalue weighted by Crippen LogP contribution is -2.07. The smallest absolute Gasteiger partial charge is 0.311 e. The molecule has 0 aliphatic rings. The number of hydrogen-bond donors (Lipinski definition) is 0. The van der Waals surface area contributed by atoms with Gasteiger partial charge in [-0.3, -0.25) is 9.78 Å². The van der Waals surface area contributed by atoms with Gasteiger partial charge in [-0.05, 0) is 28.1 Å². The van der Waals surface area contributed by atoms with Crippen molar-refractivity contribution in [3.05, 3.63) is 28.0 Å². The minimum absolute atomic E-state index is 0.108. The van der Waals surface area contributed by atoms with E-state index in [2.05, 4.69) is 25.7 Å². The van der Waals surface area contributed by atoms with Gasteiger partial charge in [-0.1, -0.05) is 0 Å². The first kappa shape index (κ1) is 12.0. The maximum absolute atomic E-state index is 12.4. The molecule has 0 radical (unpaired) electrons. The Kier molecular flexibility index (Phi) is 4.14. The highest BCUT2D eigenvalue weighted by atomic mass is 79.9. The predicted molar refractivity (Wildman–Crippen MR) is 52.6 cm³/mol. The van der Waals surface area contributed by atoms with Crippen LogP contribution >= 0.6 is 15.9 Å². The molecule has 0 saturated carbocycles. The second-order valence-corrected chi connectivity index (χ2v) is 3.58. The van der Waals surface area contributed by atoms with Crippen LogP contribution in [0.3, 0.4) is 0 Å². The first-order chi connectivity index (χ1) is 7.04. The van der Waals surface area contributed by atoms with Crippen LogP contribution < -0.4 is 0 Å². The minimum Gasteiger partial charge on any atom is -0.469 e. The van der Waals surface area contributed by atoms with Gasteiger partial charge in [-0.2, -0.15) is 0 Å². The Morgan fingerprint density at radius 3 is 2.80 bits per heavy atom. The summed E-state index contributed by atoms with van der Waals surface area (Å²) in [6, 6.07) is 2.93. The highest BCUT2D eigenvalue weighted by molar-refractivity contribution is 9.10. The summed E-state index contributed by atoms with van der Waals surface area (Å²) in [4.78, 5) is 14.5. The lowest BCUT2D eigenvalue weighted by molar-refractivity contribution is -0.139. The molecule has 0 unspecified atom stereocenters. The van der Waals surface area contributed by atoms with E-state index in [0.29, 0.717) is 0 Å². The molecule has 0 spiro atoms. The number of ether oxygens (including phenoxy) is 1. The van der Waals surface area contributed by atoms with E-state index in [-0.39, 0.29) is 22.3 Å². The number of pyridine rings is 1. The molecule has 0 fully saturated rings. The van der Waals surface area contributed by atoms with Crippen molar-refractivity contribution in [3.63, 3.8) is 0 Å². The van der Waals surface area contributed by atoms with Crippen LogP contribution in [-0.2, 0) is 16.0 Å². The van der Waals surface area contributed by atoms with Crippen LogP contribution in [0.2, 0.25) is 0 Å². The summed E-state index contributed by atoms with van der Waals surface area (Å²) in [5.41, 5.74) is -0.100. The third-order valence-corrected chi connectivity index (χ3v) is 2.36. The third-order valence-electron chi connectivity index (χ3n) is 1.69. The van der Waals surface area contributed by atoms with Crippen molar-refractivity contribution in [2.75, 3.05) is 7.11 Å². The van der Waals surface area contributed by atoms with Gasteiger partial charge in [0, 0.05) is 4.47 Å². The van der Waals surface area contributed by atoms with E-state index in [0.717, 1.165) is 0 Å². The number of rotatable bonds is 3. The van der Waals surface area contributed by atoms with Gasteiger partial charge in [0.2, 0.25) is 0 Å². The molecule has 0 N–H and O–H groups in total. The van der Waals surface area contributed by atoms with Gasteiger partial charge in [0.25, 0.3) is 6.43 Å². The fourth-order valence-corrected chi connectivity index (χ4v) is 1.37. The van der Waals surface area contributed by atoms with Gasteiger partial charge in [0.05, 0.1) is 19.2 Å². The Bertz CT molecular complexity index is 371. The molecule has 0 amide bonds. The Balaban J connectivity index is 2.92. The predicted octanol–water partition coefficient (Wildman–Crippen LogP) is 2.50. The molecule has 0 aliphatic heterocycles. The normalized spacial score (nSPS) is 10.5. The lowest BCUT2D eigenvalue weighted by atomic mass is 10.2. The molecule has 0 aromatic carbocycles. The Labute approximate surface area is 93.6 Å². The number of carbonyl (C=O) groups is 1. The number of hydrogen-bond acceptors (Lipinski definition) is 3. The Hall–Kier alpha value is -1.04. The largest absolute Gasteiger partial charge is 0.469 e. The lowest BCUT2D eigenvalue weighted by Gasteiger charge is -2.05. The topological polar surface area (TPSA) is 39.2 Å². The van der Waals surface area contributed by atoms with Gasteiger partial charge in [-0.25, -0.2) is 8.78 Å². The minimum atomic E-state index is -2.67. The molecule has 1 heterocycles. The van der Waals surface area contributed by atoms with Crippen LogP contribution in [0, 0.1) is 0 Å². The van der Waals surface area contributed by atoms with Crippen LogP contribution in [0.15, 0.2) is 16.6 Å². The molecule has 1 aromatic heterocycles. The molecule has 1 aromatic rings. The van der Waals surface area contributed by atoms with Crippen molar-refractivity contribution in [1.29, 1.82) is 0 Å². The van der Waals surface area contributed by atoms with E-state index in [9.17, 15) is 13.6 Å². The van der Waals surface area contributed by atoms with Crippen molar-refractivity contribution >= 4 is 21.9 Å². The summed E-state index contributed by atoms with van der Waals surface area (Å²) >= 11 is 2.96. The number of aromatic nitrogens is 1. The number of alkyl halides is 2. The molecule has 1 rings (SSSR count). The van der Waals surface area contributed by atoms with Crippen molar-refractivity contribution < 1.29 is 18.3 Å². The Morgan fingerprint density at radius 1 is 1.60 bits per heavy atom. The molecule has 82 valence electrons. The van der Waals surface area contributed by atoms with E-state index in [1.54, 1.807) is 0 Å². The van der Waals surface area contributed by atoms with Crippen molar-refractivity contribution in [1.82, 2.24) is 4.98 Å². The zero-order chi connectivity index (χ0) is 11.4. The third kappa shape index (κ3) is 3.23. The monoisotopic (exact) mass is 279 g/mol. The summed E-state index contributed by atoms with van der Waals surface area (Å²) in [6.07, 6.45) is -2.78. The average Bonchev–Trinajstić information content (AvgIpc) is 2.20. The van der Waals surface area contributed by atoms with Crippen LogP contribution in [0.25, 0.3) is 0 Å². The highest BCUT2D eigenvalue weighted by Gasteiger charge is 2.15. The molecule has 0 saturated heterocycles. The van der Waals surface area contributed by atoms with E-state index in [1.807, 2.05) is 0 Å². The van der Waals surface area contributed by atoms with E-state index in [1.165, 1.54) is 19.2 Å². The number of esters is 1. The van der Waals surface area contributed by atoms with Gasteiger partial charge in [0.15, 0.2) is 0 Å². The molecular formula is C9H8BrF2NO2. The van der Waals surface area contributed by atoms with Crippen LogP contribution in [0.5, 0.6) is 0 Å². The first-order valence-corrected chi connectivity index (χ1v) is 4.84. The summed E-state index contributed by atoms with van der Waals surface area (Å²) in [7, 11) is 1.23. The van der Waals surface area contributed by atoms with Crippen molar-refractivity contribution in [3.8, 4) is 0 Å². The number of nitrogens with zero attached hydrogens (tertiary/aromatic N) is 1. The van der Waals surface area contributed by atoms with Crippen molar-refractivity contribution in [2.24, 2.45) is 0 Å².